The highest BCUT2D eigenvalue weighted by Crippen LogP contribution is 2.04. The second-order valence-corrected chi connectivity index (χ2v) is 4.28. The molecule has 100 valence electrons. The lowest BCUT2D eigenvalue weighted by molar-refractivity contribution is -0.149. The van der Waals surface area contributed by atoms with E-state index in [2.05, 4.69) is 20.4 Å². The summed E-state index contributed by atoms with van der Waals surface area (Å²) in [5, 5.41) is 10.0. The summed E-state index contributed by atoms with van der Waals surface area (Å²) in [6, 6.07) is 0. The first-order valence-corrected chi connectivity index (χ1v) is 5.37. The molecule has 0 bridgehead atoms. The summed E-state index contributed by atoms with van der Waals surface area (Å²) < 4.78 is 5.93. The van der Waals surface area contributed by atoms with Gasteiger partial charge in [-0.15, -0.1) is 5.10 Å². The minimum absolute atomic E-state index is 0.0343. The van der Waals surface area contributed by atoms with Gasteiger partial charge in [-0.3, -0.25) is 4.79 Å². The standard InChI is InChI=1S/C10H17N5O3/c1-10(2,9(17)18-3)12-8(16)6-15-5-7(4-11)13-14-15/h5H,4,6,11H2,1-3H3,(H,12,16). The van der Waals surface area contributed by atoms with Gasteiger partial charge >= 0.3 is 5.97 Å². The van der Waals surface area contributed by atoms with E-state index in [1.807, 2.05) is 0 Å². The van der Waals surface area contributed by atoms with Crippen LogP contribution < -0.4 is 11.1 Å². The van der Waals surface area contributed by atoms with Crippen LogP contribution in [0.25, 0.3) is 0 Å². The largest absolute Gasteiger partial charge is 0.467 e. The fraction of sp³-hybridized carbons (Fsp3) is 0.600. The van der Waals surface area contributed by atoms with Crippen molar-refractivity contribution in [2.45, 2.75) is 32.5 Å². The van der Waals surface area contributed by atoms with Crippen molar-refractivity contribution in [2.75, 3.05) is 7.11 Å². The van der Waals surface area contributed by atoms with Crippen molar-refractivity contribution in [2.24, 2.45) is 5.73 Å². The van der Waals surface area contributed by atoms with E-state index >= 15 is 0 Å². The second kappa shape index (κ2) is 5.58. The van der Waals surface area contributed by atoms with Gasteiger partial charge in [-0.25, -0.2) is 9.48 Å². The summed E-state index contributed by atoms with van der Waals surface area (Å²) in [5.41, 5.74) is 4.89. The maximum absolute atomic E-state index is 11.7. The molecule has 0 fully saturated rings. The number of hydrogen-bond donors (Lipinski definition) is 2. The Labute approximate surface area is 104 Å². The summed E-state index contributed by atoms with van der Waals surface area (Å²) in [7, 11) is 1.27. The molecule has 1 aromatic heterocycles. The lowest BCUT2D eigenvalue weighted by Crippen LogP contribution is -2.51. The Balaban J connectivity index is 2.58. The van der Waals surface area contributed by atoms with Gasteiger partial charge in [0, 0.05) is 6.54 Å². The molecule has 1 amide bonds. The number of carbonyl (C=O) groups is 2. The van der Waals surface area contributed by atoms with E-state index in [1.165, 1.54) is 11.8 Å². The van der Waals surface area contributed by atoms with Crippen molar-refractivity contribution in [1.29, 1.82) is 0 Å². The number of ether oxygens (including phenoxy) is 1. The van der Waals surface area contributed by atoms with Gasteiger partial charge in [0.05, 0.1) is 19.0 Å². The van der Waals surface area contributed by atoms with Gasteiger partial charge in [0.15, 0.2) is 0 Å². The zero-order valence-corrected chi connectivity index (χ0v) is 10.6. The Hall–Kier alpha value is -1.96. The number of nitrogens with two attached hydrogens (primary N) is 1. The molecule has 0 aliphatic rings. The molecule has 0 saturated heterocycles. The second-order valence-electron chi connectivity index (χ2n) is 4.28. The topological polar surface area (TPSA) is 112 Å². The lowest BCUT2D eigenvalue weighted by Gasteiger charge is -2.22. The molecule has 0 unspecified atom stereocenters. The molecule has 0 radical (unpaired) electrons. The number of esters is 1. The van der Waals surface area contributed by atoms with Crippen LogP contribution in [0.1, 0.15) is 19.5 Å². The van der Waals surface area contributed by atoms with Crippen molar-refractivity contribution in [3.63, 3.8) is 0 Å². The van der Waals surface area contributed by atoms with Crippen LogP contribution in [0.3, 0.4) is 0 Å². The average molecular weight is 255 g/mol. The van der Waals surface area contributed by atoms with E-state index in [-0.39, 0.29) is 19.0 Å². The zero-order chi connectivity index (χ0) is 13.8. The number of carbonyl (C=O) groups excluding carboxylic acids is 2. The quantitative estimate of drug-likeness (QED) is 0.639. The van der Waals surface area contributed by atoms with Crippen molar-refractivity contribution in [3.8, 4) is 0 Å². The van der Waals surface area contributed by atoms with Gasteiger partial charge in [-0.1, -0.05) is 5.21 Å². The third kappa shape index (κ3) is 3.52. The van der Waals surface area contributed by atoms with Crippen LogP contribution >= 0.6 is 0 Å². The summed E-state index contributed by atoms with van der Waals surface area (Å²) in [5.74, 6) is -0.879. The number of aromatic nitrogens is 3. The molecule has 3 N–H and O–H groups in total. The van der Waals surface area contributed by atoms with Gasteiger partial charge in [0.25, 0.3) is 0 Å². The smallest absolute Gasteiger partial charge is 0.330 e. The lowest BCUT2D eigenvalue weighted by atomic mass is 10.1. The van der Waals surface area contributed by atoms with Crippen LogP contribution in [0, 0.1) is 0 Å². The SMILES string of the molecule is COC(=O)C(C)(C)NC(=O)Cn1cc(CN)nn1. The maximum atomic E-state index is 11.7. The number of methoxy groups -OCH3 is 1. The third-order valence-corrected chi connectivity index (χ3v) is 2.25. The van der Waals surface area contributed by atoms with Gasteiger partial charge in [-0.05, 0) is 13.8 Å². The molecule has 1 heterocycles. The number of nitrogens with zero attached hydrogens (tertiary/aromatic N) is 3. The van der Waals surface area contributed by atoms with Crippen LogP contribution in [0.15, 0.2) is 6.20 Å². The Morgan fingerprint density at radius 1 is 1.56 bits per heavy atom. The highest BCUT2D eigenvalue weighted by molar-refractivity contribution is 5.87. The van der Waals surface area contributed by atoms with Crippen LogP contribution in [0.4, 0.5) is 0 Å². The molecule has 0 aromatic carbocycles. The first kappa shape index (κ1) is 14.1. The van der Waals surface area contributed by atoms with Crippen LogP contribution in [0.5, 0.6) is 0 Å². The van der Waals surface area contributed by atoms with E-state index in [4.69, 9.17) is 5.73 Å². The minimum Gasteiger partial charge on any atom is -0.467 e. The normalized spacial score (nSPS) is 11.1. The number of nitrogens with one attached hydrogen (secondary N) is 1. The van der Waals surface area contributed by atoms with Crippen LogP contribution in [-0.2, 0) is 27.4 Å². The average Bonchev–Trinajstić information content (AvgIpc) is 2.74. The van der Waals surface area contributed by atoms with Gasteiger partial charge in [0.1, 0.15) is 12.1 Å². The summed E-state index contributed by atoms with van der Waals surface area (Å²) in [4.78, 5) is 23.1. The molecule has 18 heavy (non-hydrogen) atoms. The molecule has 0 spiro atoms. The maximum Gasteiger partial charge on any atom is 0.330 e. The van der Waals surface area contributed by atoms with Crippen molar-refractivity contribution in [3.05, 3.63) is 11.9 Å². The van der Waals surface area contributed by atoms with Gasteiger partial charge in [0.2, 0.25) is 5.91 Å². The third-order valence-electron chi connectivity index (χ3n) is 2.25. The fourth-order valence-corrected chi connectivity index (χ4v) is 1.35. The van der Waals surface area contributed by atoms with E-state index in [1.54, 1.807) is 20.0 Å². The molecule has 1 aromatic rings. The first-order chi connectivity index (χ1) is 8.39. The van der Waals surface area contributed by atoms with E-state index in [0.29, 0.717) is 5.69 Å². The molecule has 8 heteroatoms. The monoisotopic (exact) mass is 255 g/mol. The summed E-state index contributed by atoms with van der Waals surface area (Å²) in [6.07, 6.45) is 1.57. The molecule has 0 aliphatic heterocycles. The van der Waals surface area contributed by atoms with Crippen LogP contribution in [-0.4, -0.2) is 39.5 Å². The molecular weight excluding hydrogens is 238 g/mol. The Bertz CT molecular complexity index is 440. The summed E-state index contributed by atoms with van der Waals surface area (Å²) in [6.45, 7) is 3.34. The van der Waals surface area contributed by atoms with E-state index < -0.39 is 11.5 Å². The number of amides is 1. The highest BCUT2D eigenvalue weighted by Gasteiger charge is 2.30. The summed E-state index contributed by atoms with van der Waals surface area (Å²) >= 11 is 0. The van der Waals surface area contributed by atoms with Crippen molar-refractivity contribution < 1.29 is 14.3 Å². The molecule has 1 rings (SSSR count). The molecule has 0 aliphatic carbocycles. The van der Waals surface area contributed by atoms with Crippen molar-refractivity contribution in [1.82, 2.24) is 20.3 Å². The van der Waals surface area contributed by atoms with E-state index in [0.717, 1.165) is 0 Å². The zero-order valence-electron chi connectivity index (χ0n) is 10.6. The van der Waals surface area contributed by atoms with Gasteiger partial charge < -0.3 is 15.8 Å². The molecule has 0 atom stereocenters. The number of rotatable bonds is 5. The number of hydrogen-bond acceptors (Lipinski definition) is 6. The predicted octanol–water partition coefficient (Wildman–Crippen LogP) is -1.20. The van der Waals surface area contributed by atoms with E-state index in [9.17, 15) is 9.59 Å². The predicted molar refractivity (Wildman–Crippen MR) is 62.2 cm³/mol. The molecule has 8 nitrogen and oxygen atoms in total. The fourth-order valence-electron chi connectivity index (χ4n) is 1.35. The van der Waals surface area contributed by atoms with Gasteiger partial charge in [-0.2, -0.15) is 0 Å². The highest BCUT2D eigenvalue weighted by atomic mass is 16.5. The molecular formula is C10H17N5O3. The Morgan fingerprint density at radius 2 is 2.22 bits per heavy atom. The van der Waals surface area contributed by atoms with Crippen LogP contribution in [0.2, 0.25) is 0 Å². The molecule has 0 saturated carbocycles. The Kier molecular flexibility index (Phi) is 4.38. The minimum atomic E-state index is -1.08. The Morgan fingerprint density at radius 3 is 2.72 bits per heavy atom. The van der Waals surface area contributed by atoms with Crippen molar-refractivity contribution >= 4 is 11.9 Å². The first-order valence-electron chi connectivity index (χ1n) is 5.37.